The van der Waals surface area contributed by atoms with Crippen LogP contribution in [0.3, 0.4) is 0 Å². The summed E-state index contributed by atoms with van der Waals surface area (Å²) in [7, 11) is 0. The van der Waals surface area contributed by atoms with Gasteiger partial charge in [0, 0.05) is 23.8 Å². The highest BCUT2D eigenvalue weighted by Crippen LogP contribution is 2.33. The van der Waals surface area contributed by atoms with E-state index < -0.39 is 12.2 Å². The normalized spacial score (nSPS) is 14.4. The molecule has 2 amide bonds. The summed E-state index contributed by atoms with van der Waals surface area (Å²) in [6, 6.07) is 1.53. The van der Waals surface area contributed by atoms with Crippen molar-refractivity contribution < 1.29 is 19.8 Å². The van der Waals surface area contributed by atoms with Crippen LogP contribution >= 0.6 is 15.9 Å². The number of carboxylic acid groups (broad SMARTS) is 2. The summed E-state index contributed by atoms with van der Waals surface area (Å²) in [5.41, 5.74) is 0.264. The highest BCUT2D eigenvalue weighted by molar-refractivity contribution is 9.10. The van der Waals surface area contributed by atoms with Gasteiger partial charge in [0.2, 0.25) is 0 Å². The number of fused-ring (bicyclic) bond motifs is 1. The first-order valence-corrected chi connectivity index (χ1v) is 5.46. The maximum atomic E-state index is 11.0. The van der Waals surface area contributed by atoms with Crippen molar-refractivity contribution in [3.05, 3.63) is 16.7 Å². The molecule has 7 nitrogen and oxygen atoms in total. The molecule has 1 aliphatic heterocycles. The molecule has 0 fully saturated rings. The maximum absolute atomic E-state index is 11.0. The van der Waals surface area contributed by atoms with E-state index in [9.17, 15) is 9.59 Å². The number of hydrogen-bond donors (Lipinski definition) is 2. The summed E-state index contributed by atoms with van der Waals surface area (Å²) in [6.07, 6.45) is -0.845. The molecule has 0 saturated carbocycles. The monoisotopic (exact) mass is 301 g/mol. The lowest BCUT2D eigenvalue weighted by molar-refractivity contribution is 0.196. The molecule has 8 heteroatoms. The Hall–Kier alpha value is -1.83. The van der Waals surface area contributed by atoms with Crippen LogP contribution in [0.5, 0.6) is 0 Å². The number of pyridine rings is 1. The summed E-state index contributed by atoms with van der Waals surface area (Å²) in [6.45, 7) is 0.163. The molecule has 0 unspecified atom stereocenters. The third kappa shape index (κ3) is 2.03. The van der Waals surface area contributed by atoms with E-state index in [1.54, 1.807) is 0 Å². The number of rotatable bonds is 0. The number of nitrogens with zero attached hydrogens (tertiary/aromatic N) is 3. The molecule has 2 N–H and O–H groups in total. The van der Waals surface area contributed by atoms with Crippen LogP contribution in [0.15, 0.2) is 16.7 Å². The molecule has 2 heterocycles. The van der Waals surface area contributed by atoms with E-state index in [1.807, 2.05) is 0 Å². The standard InChI is InChI=1S/C9H8BrN3O4/c10-5-3-6-7(11-4-5)13(9(16)17)2-1-12(6)8(14)15/h3-4H,1-2H2,(H,14,15)(H,16,17). The average Bonchev–Trinajstić information content (AvgIpc) is 2.26. The van der Waals surface area contributed by atoms with Gasteiger partial charge in [-0.25, -0.2) is 14.6 Å². The lowest BCUT2D eigenvalue weighted by Gasteiger charge is -2.32. The van der Waals surface area contributed by atoms with Crippen LogP contribution in [0.4, 0.5) is 21.1 Å². The van der Waals surface area contributed by atoms with Gasteiger partial charge in [-0.3, -0.25) is 9.80 Å². The van der Waals surface area contributed by atoms with Gasteiger partial charge in [-0.15, -0.1) is 0 Å². The van der Waals surface area contributed by atoms with E-state index in [2.05, 4.69) is 20.9 Å². The molecule has 0 radical (unpaired) electrons. The van der Waals surface area contributed by atoms with Gasteiger partial charge >= 0.3 is 12.2 Å². The molecule has 0 saturated heterocycles. The summed E-state index contributed by atoms with van der Waals surface area (Å²) in [5, 5.41) is 18.0. The minimum atomic E-state index is -1.15. The summed E-state index contributed by atoms with van der Waals surface area (Å²) in [4.78, 5) is 28.1. The Morgan fingerprint density at radius 3 is 2.41 bits per heavy atom. The molecule has 0 aliphatic carbocycles. The predicted octanol–water partition coefficient (Wildman–Crippen LogP) is 1.83. The Morgan fingerprint density at radius 1 is 1.24 bits per heavy atom. The molecular formula is C9H8BrN3O4. The number of aromatic nitrogens is 1. The highest BCUT2D eigenvalue weighted by atomic mass is 79.9. The Labute approximate surface area is 104 Å². The molecule has 1 aromatic rings. The van der Waals surface area contributed by atoms with Crippen LogP contribution in [-0.4, -0.2) is 40.5 Å². The van der Waals surface area contributed by atoms with Crippen LogP contribution in [0.2, 0.25) is 0 Å². The maximum Gasteiger partial charge on any atom is 0.413 e. The molecule has 90 valence electrons. The van der Waals surface area contributed by atoms with Crippen LogP contribution in [0.1, 0.15) is 0 Å². The van der Waals surface area contributed by atoms with E-state index in [0.717, 1.165) is 9.80 Å². The second-order valence-corrected chi connectivity index (χ2v) is 4.28. The van der Waals surface area contributed by atoms with E-state index in [0.29, 0.717) is 4.47 Å². The summed E-state index contributed by atoms with van der Waals surface area (Å²) >= 11 is 3.18. The Morgan fingerprint density at radius 2 is 1.82 bits per heavy atom. The third-order valence-electron chi connectivity index (χ3n) is 2.37. The molecule has 0 bridgehead atoms. The number of halogens is 1. The predicted molar refractivity (Wildman–Crippen MR) is 62.7 cm³/mol. The quantitative estimate of drug-likeness (QED) is 0.762. The van der Waals surface area contributed by atoms with Crippen LogP contribution in [0.25, 0.3) is 0 Å². The molecule has 2 rings (SSSR count). The van der Waals surface area contributed by atoms with Crippen molar-refractivity contribution in [1.29, 1.82) is 0 Å². The topological polar surface area (TPSA) is 94.0 Å². The Kier molecular flexibility index (Phi) is 2.88. The fourth-order valence-electron chi connectivity index (χ4n) is 1.64. The van der Waals surface area contributed by atoms with Crippen molar-refractivity contribution in [1.82, 2.24) is 4.98 Å². The number of anilines is 2. The van der Waals surface area contributed by atoms with Gasteiger partial charge in [-0.05, 0) is 22.0 Å². The first kappa shape index (κ1) is 11.6. The van der Waals surface area contributed by atoms with Gasteiger partial charge < -0.3 is 10.2 Å². The Bertz CT molecular complexity index is 493. The summed E-state index contributed by atoms with van der Waals surface area (Å²) < 4.78 is 0.592. The van der Waals surface area contributed by atoms with E-state index in [4.69, 9.17) is 10.2 Å². The van der Waals surface area contributed by atoms with Gasteiger partial charge in [-0.1, -0.05) is 0 Å². The van der Waals surface area contributed by atoms with Gasteiger partial charge in [-0.2, -0.15) is 0 Å². The second kappa shape index (κ2) is 4.21. The van der Waals surface area contributed by atoms with Gasteiger partial charge in [0.1, 0.15) is 0 Å². The van der Waals surface area contributed by atoms with Gasteiger partial charge in [0.15, 0.2) is 5.82 Å². The lowest BCUT2D eigenvalue weighted by atomic mass is 10.2. The zero-order valence-electron chi connectivity index (χ0n) is 8.50. The molecule has 0 aromatic carbocycles. The van der Waals surface area contributed by atoms with Crippen LogP contribution in [0, 0.1) is 0 Å². The summed E-state index contributed by atoms with van der Waals surface area (Å²) in [5.74, 6) is 0.134. The van der Waals surface area contributed by atoms with E-state index in [1.165, 1.54) is 12.3 Å². The van der Waals surface area contributed by atoms with Crippen molar-refractivity contribution in [3.63, 3.8) is 0 Å². The fourth-order valence-corrected chi connectivity index (χ4v) is 1.96. The third-order valence-corrected chi connectivity index (χ3v) is 2.80. The van der Waals surface area contributed by atoms with Gasteiger partial charge in [0.05, 0.1) is 5.69 Å². The smallest absolute Gasteiger partial charge is 0.413 e. The van der Waals surface area contributed by atoms with Crippen molar-refractivity contribution >= 4 is 39.6 Å². The number of carbonyl (C=O) groups is 2. The van der Waals surface area contributed by atoms with Crippen molar-refractivity contribution in [2.24, 2.45) is 0 Å². The molecule has 0 spiro atoms. The van der Waals surface area contributed by atoms with Gasteiger partial charge in [0.25, 0.3) is 0 Å². The SMILES string of the molecule is O=C(O)N1CCN(C(=O)O)c2ncc(Br)cc21. The molecule has 17 heavy (non-hydrogen) atoms. The molecular weight excluding hydrogens is 294 g/mol. The largest absolute Gasteiger partial charge is 0.465 e. The highest BCUT2D eigenvalue weighted by Gasteiger charge is 2.31. The van der Waals surface area contributed by atoms with E-state index in [-0.39, 0.29) is 24.6 Å². The number of hydrogen-bond acceptors (Lipinski definition) is 3. The fraction of sp³-hybridized carbons (Fsp3) is 0.222. The zero-order chi connectivity index (χ0) is 12.6. The van der Waals surface area contributed by atoms with Crippen molar-refractivity contribution in [3.8, 4) is 0 Å². The lowest BCUT2D eigenvalue weighted by Crippen LogP contribution is -2.46. The van der Waals surface area contributed by atoms with Crippen LogP contribution in [-0.2, 0) is 0 Å². The van der Waals surface area contributed by atoms with E-state index >= 15 is 0 Å². The average molecular weight is 302 g/mol. The Balaban J connectivity index is 2.53. The van der Waals surface area contributed by atoms with Crippen LogP contribution < -0.4 is 9.80 Å². The molecule has 0 atom stereocenters. The minimum absolute atomic E-state index is 0.0727. The minimum Gasteiger partial charge on any atom is -0.465 e. The first-order valence-electron chi connectivity index (χ1n) is 4.67. The first-order chi connectivity index (χ1) is 8.00. The number of amides is 2. The second-order valence-electron chi connectivity index (χ2n) is 3.36. The zero-order valence-corrected chi connectivity index (χ0v) is 10.1. The van der Waals surface area contributed by atoms with Crippen molar-refractivity contribution in [2.45, 2.75) is 0 Å². The molecule has 1 aliphatic rings. The van der Waals surface area contributed by atoms with Crippen molar-refractivity contribution in [2.75, 3.05) is 22.9 Å². The molecule has 1 aromatic heterocycles.